The summed E-state index contributed by atoms with van der Waals surface area (Å²) in [4.78, 5) is 10.9. The largest absolute Gasteiger partial charge is 0.459 e. The Hall–Kier alpha value is -0.530. The lowest BCUT2D eigenvalue weighted by atomic mass is 9.96. The molecule has 12 heavy (non-hydrogen) atoms. The summed E-state index contributed by atoms with van der Waals surface area (Å²) in [6.45, 7) is 3.65. The Morgan fingerprint density at radius 2 is 2.00 bits per heavy atom. The van der Waals surface area contributed by atoms with Crippen molar-refractivity contribution in [2.24, 2.45) is 0 Å². The van der Waals surface area contributed by atoms with Gasteiger partial charge in [0.15, 0.2) is 0 Å². The van der Waals surface area contributed by atoms with Crippen LogP contribution in [0, 0.1) is 0 Å². The van der Waals surface area contributed by atoms with Gasteiger partial charge < -0.3 is 4.74 Å². The van der Waals surface area contributed by atoms with Gasteiger partial charge in [0, 0.05) is 6.92 Å². The van der Waals surface area contributed by atoms with E-state index in [1.54, 1.807) is 0 Å². The van der Waals surface area contributed by atoms with Crippen LogP contribution in [0.3, 0.4) is 0 Å². The summed E-state index contributed by atoms with van der Waals surface area (Å²) in [5.74, 6) is -0.120. The molecular formula is C10H18O2. The summed E-state index contributed by atoms with van der Waals surface area (Å²) in [6, 6.07) is 0. The minimum atomic E-state index is -0.120. The Balaban J connectivity index is 2.52. The highest BCUT2D eigenvalue weighted by molar-refractivity contribution is 5.66. The molecule has 2 heteroatoms. The van der Waals surface area contributed by atoms with E-state index in [1.807, 2.05) is 0 Å². The first kappa shape index (κ1) is 9.56. The second kappa shape index (κ2) is 3.92. The second-order valence-electron chi connectivity index (χ2n) is 3.73. The van der Waals surface area contributed by atoms with Crippen LogP contribution in [0.4, 0.5) is 0 Å². The van der Waals surface area contributed by atoms with Crippen molar-refractivity contribution < 1.29 is 9.53 Å². The van der Waals surface area contributed by atoms with Crippen LogP contribution in [0.25, 0.3) is 0 Å². The van der Waals surface area contributed by atoms with E-state index in [0.29, 0.717) is 0 Å². The third-order valence-electron chi connectivity index (χ3n) is 2.58. The number of carbonyl (C=O) groups excluding carboxylic acids is 1. The van der Waals surface area contributed by atoms with E-state index in [9.17, 15) is 4.79 Å². The van der Waals surface area contributed by atoms with Crippen LogP contribution in [0.1, 0.15) is 52.4 Å². The minimum absolute atomic E-state index is 0.0828. The van der Waals surface area contributed by atoms with Crippen molar-refractivity contribution in [3.05, 3.63) is 0 Å². The van der Waals surface area contributed by atoms with Crippen molar-refractivity contribution in [1.29, 1.82) is 0 Å². The van der Waals surface area contributed by atoms with Crippen molar-refractivity contribution in [2.45, 2.75) is 58.0 Å². The molecule has 1 aliphatic rings. The minimum Gasteiger partial charge on any atom is -0.459 e. The Kier molecular flexibility index (Phi) is 3.12. The average Bonchev–Trinajstić information content (AvgIpc) is 2.36. The highest BCUT2D eigenvalue weighted by Crippen LogP contribution is 2.36. The molecule has 0 aliphatic heterocycles. The molecule has 0 unspecified atom stereocenters. The molecule has 0 heterocycles. The first-order valence-corrected chi connectivity index (χ1v) is 4.88. The summed E-state index contributed by atoms with van der Waals surface area (Å²) in [5, 5.41) is 0. The summed E-state index contributed by atoms with van der Waals surface area (Å²) < 4.78 is 5.40. The summed E-state index contributed by atoms with van der Waals surface area (Å²) >= 11 is 0. The molecule has 2 nitrogen and oxygen atoms in total. The van der Waals surface area contributed by atoms with Crippen LogP contribution in [0.5, 0.6) is 0 Å². The lowest BCUT2D eigenvalue weighted by Crippen LogP contribution is -2.30. The standard InChI is InChI=1S/C10H18O2/c1-3-6-10(12-9(2)11)7-4-5-8-10/h3-8H2,1-2H3. The predicted octanol–water partition coefficient (Wildman–Crippen LogP) is 2.66. The zero-order valence-corrected chi connectivity index (χ0v) is 8.06. The Morgan fingerprint density at radius 1 is 1.42 bits per heavy atom. The molecule has 70 valence electrons. The Labute approximate surface area is 74.3 Å². The van der Waals surface area contributed by atoms with Gasteiger partial charge in [-0.1, -0.05) is 13.3 Å². The van der Waals surface area contributed by atoms with E-state index in [2.05, 4.69) is 6.92 Å². The maximum absolute atomic E-state index is 10.9. The number of ether oxygens (including phenoxy) is 1. The van der Waals surface area contributed by atoms with Crippen LogP contribution in [-0.4, -0.2) is 11.6 Å². The number of carbonyl (C=O) groups is 1. The highest BCUT2D eigenvalue weighted by atomic mass is 16.6. The van der Waals surface area contributed by atoms with Gasteiger partial charge in [-0.3, -0.25) is 4.79 Å². The van der Waals surface area contributed by atoms with E-state index >= 15 is 0 Å². The average molecular weight is 170 g/mol. The van der Waals surface area contributed by atoms with Crippen LogP contribution in [0.15, 0.2) is 0 Å². The summed E-state index contributed by atoms with van der Waals surface area (Å²) in [7, 11) is 0. The third-order valence-corrected chi connectivity index (χ3v) is 2.58. The fourth-order valence-corrected chi connectivity index (χ4v) is 2.18. The molecule has 1 rings (SSSR count). The molecular weight excluding hydrogens is 152 g/mol. The van der Waals surface area contributed by atoms with Gasteiger partial charge >= 0.3 is 5.97 Å². The number of esters is 1. The predicted molar refractivity (Wildman–Crippen MR) is 47.9 cm³/mol. The van der Waals surface area contributed by atoms with E-state index in [4.69, 9.17) is 4.74 Å². The normalized spacial score (nSPS) is 20.8. The molecule has 0 aromatic carbocycles. The van der Waals surface area contributed by atoms with Crippen molar-refractivity contribution in [3.63, 3.8) is 0 Å². The monoisotopic (exact) mass is 170 g/mol. The van der Waals surface area contributed by atoms with Crippen LogP contribution in [0.2, 0.25) is 0 Å². The smallest absolute Gasteiger partial charge is 0.303 e. The zero-order valence-electron chi connectivity index (χ0n) is 8.06. The lowest BCUT2D eigenvalue weighted by molar-refractivity contribution is -0.157. The first-order valence-electron chi connectivity index (χ1n) is 4.88. The van der Waals surface area contributed by atoms with Crippen molar-refractivity contribution in [2.75, 3.05) is 0 Å². The van der Waals surface area contributed by atoms with Crippen LogP contribution in [-0.2, 0) is 9.53 Å². The van der Waals surface area contributed by atoms with Gasteiger partial charge in [-0.25, -0.2) is 0 Å². The lowest BCUT2D eigenvalue weighted by Gasteiger charge is -2.27. The molecule has 0 aromatic rings. The maximum atomic E-state index is 10.9. The summed E-state index contributed by atoms with van der Waals surface area (Å²) in [6.07, 6.45) is 6.71. The number of hydrogen-bond acceptors (Lipinski definition) is 2. The van der Waals surface area contributed by atoms with Gasteiger partial charge in [0.05, 0.1) is 0 Å². The fraction of sp³-hybridized carbons (Fsp3) is 0.900. The Bertz CT molecular complexity index is 157. The highest BCUT2D eigenvalue weighted by Gasteiger charge is 2.35. The molecule has 1 saturated carbocycles. The SMILES string of the molecule is CCCC1(OC(C)=O)CCCC1. The van der Waals surface area contributed by atoms with Crippen LogP contribution < -0.4 is 0 Å². The molecule has 1 aliphatic carbocycles. The number of rotatable bonds is 3. The van der Waals surface area contributed by atoms with E-state index in [-0.39, 0.29) is 11.6 Å². The van der Waals surface area contributed by atoms with Gasteiger partial charge in [0.2, 0.25) is 0 Å². The van der Waals surface area contributed by atoms with Gasteiger partial charge in [-0.15, -0.1) is 0 Å². The van der Waals surface area contributed by atoms with Crippen LogP contribution >= 0.6 is 0 Å². The van der Waals surface area contributed by atoms with E-state index < -0.39 is 0 Å². The van der Waals surface area contributed by atoms with Gasteiger partial charge in [-0.2, -0.15) is 0 Å². The number of hydrogen-bond donors (Lipinski definition) is 0. The zero-order chi connectivity index (χ0) is 9.03. The molecule has 0 N–H and O–H groups in total. The molecule has 1 fully saturated rings. The molecule has 0 spiro atoms. The molecule has 0 radical (unpaired) electrons. The fourth-order valence-electron chi connectivity index (χ4n) is 2.18. The topological polar surface area (TPSA) is 26.3 Å². The van der Waals surface area contributed by atoms with E-state index in [0.717, 1.165) is 25.7 Å². The molecule has 0 saturated heterocycles. The molecule has 0 atom stereocenters. The summed E-state index contributed by atoms with van der Waals surface area (Å²) in [5.41, 5.74) is -0.0828. The van der Waals surface area contributed by atoms with Gasteiger partial charge in [-0.05, 0) is 32.1 Å². The van der Waals surface area contributed by atoms with Gasteiger partial charge in [0.25, 0.3) is 0 Å². The molecule has 0 aromatic heterocycles. The van der Waals surface area contributed by atoms with Crippen molar-refractivity contribution in [1.82, 2.24) is 0 Å². The third kappa shape index (κ3) is 2.23. The van der Waals surface area contributed by atoms with E-state index in [1.165, 1.54) is 19.8 Å². The van der Waals surface area contributed by atoms with Crippen molar-refractivity contribution >= 4 is 5.97 Å². The second-order valence-corrected chi connectivity index (χ2v) is 3.73. The quantitative estimate of drug-likeness (QED) is 0.609. The van der Waals surface area contributed by atoms with Crippen molar-refractivity contribution in [3.8, 4) is 0 Å². The molecule has 0 bridgehead atoms. The first-order chi connectivity index (χ1) is 5.68. The van der Waals surface area contributed by atoms with Gasteiger partial charge in [0.1, 0.15) is 5.60 Å². The Morgan fingerprint density at radius 3 is 2.42 bits per heavy atom. The molecule has 0 amide bonds. The maximum Gasteiger partial charge on any atom is 0.303 e.